The van der Waals surface area contributed by atoms with Crippen LogP contribution in [-0.2, 0) is 17.8 Å². The van der Waals surface area contributed by atoms with Crippen molar-refractivity contribution in [1.29, 1.82) is 0 Å². The Bertz CT molecular complexity index is 652. The Morgan fingerprint density at radius 3 is 3.00 bits per heavy atom. The predicted molar refractivity (Wildman–Crippen MR) is 70.4 cm³/mol. The molecular weight excluding hydrogens is 264 g/mol. The highest BCUT2D eigenvalue weighted by atomic mass is 32.1. The largest absolute Gasteiger partial charge is 0.478 e. The molecule has 1 N–H and O–H groups in total. The number of amides is 1. The lowest BCUT2D eigenvalue weighted by Gasteiger charge is -2.16. The average molecular weight is 274 g/mol. The fourth-order valence-electron chi connectivity index (χ4n) is 2.14. The van der Waals surface area contributed by atoms with Crippen LogP contribution >= 0.6 is 11.3 Å². The maximum absolute atomic E-state index is 12.0. The summed E-state index contributed by atoms with van der Waals surface area (Å²) in [4.78, 5) is 29.6. The van der Waals surface area contributed by atoms with Crippen molar-refractivity contribution >= 4 is 28.9 Å². The maximum atomic E-state index is 12.0. The van der Waals surface area contributed by atoms with E-state index >= 15 is 0 Å². The number of aromatic nitrogens is 1. The van der Waals surface area contributed by atoms with Gasteiger partial charge in [0.15, 0.2) is 0 Å². The van der Waals surface area contributed by atoms with Crippen LogP contribution < -0.4 is 4.90 Å². The number of carboxylic acids is 1. The fraction of sp³-hybridized carbons (Fsp3) is 0.154. The molecule has 2 heterocycles. The second-order valence-electron chi connectivity index (χ2n) is 4.27. The van der Waals surface area contributed by atoms with Crippen LogP contribution in [-0.4, -0.2) is 22.0 Å². The first-order valence-corrected chi connectivity index (χ1v) is 6.57. The van der Waals surface area contributed by atoms with Crippen LogP contribution in [0.4, 0.5) is 5.69 Å². The van der Waals surface area contributed by atoms with E-state index in [0.29, 0.717) is 18.7 Å². The van der Waals surface area contributed by atoms with E-state index in [1.54, 1.807) is 28.7 Å². The van der Waals surface area contributed by atoms with E-state index in [1.807, 2.05) is 0 Å². The lowest BCUT2D eigenvalue weighted by Crippen LogP contribution is -2.25. The van der Waals surface area contributed by atoms with Gasteiger partial charge >= 0.3 is 5.97 Å². The van der Waals surface area contributed by atoms with Crippen LogP contribution in [0.3, 0.4) is 0 Å². The number of benzene rings is 1. The van der Waals surface area contributed by atoms with E-state index in [1.165, 1.54) is 17.4 Å². The van der Waals surface area contributed by atoms with Gasteiger partial charge in [-0.25, -0.2) is 4.79 Å². The molecule has 19 heavy (non-hydrogen) atoms. The van der Waals surface area contributed by atoms with Crippen molar-refractivity contribution < 1.29 is 14.7 Å². The van der Waals surface area contributed by atoms with Crippen LogP contribution in [0.25, 0.3) is 0 Å². The van der Waals surface area contributed by atoms with Crippen LogP contribution in [0, 0.1) is 0 Å². The van der Waals surface area contributed by atoms with E-state index < -0.39 is 5.97 Å². The standard InChI is InChI=1S/C13H10N2O3S/c16-12-4-8-1-2-9(13(17)18)3-11(8)15(12)6-10-5-14-7-19-10/h1-3,5,7H,4,6H2,(H,17,18). The Kier molecular flexibility index (Phi) is 2.79. The molecule has 5 nitrogen and oxygen atoms in total. The maximum Gasteiger partial charge on any atom is 0.335 e. The van der Waals surface area contributed by atoms with Crippen molar-refractivity contribution in [2.45, 2.75) is 13.0 Å². The van der Waals surface area contributed by atoms with Crippen molar-refractivity contribution in [2.75, 3.05) is 4.90 Å². The molecule has 1 aromatic carbocycles. The fourth-order valence-corrected chi connectivity index (χ4v) is 2.72. The van der Waals surface area contributed by atoms with Gasteiger partial charge in [0.25, 0.3) is 0 Å². The summed E-state index contributed by atoms with van der Waals surface area (Å²) in [6, 6.07) is 4.80. The third kappa shape index (κ3) is 2.10. The van der Waals surface area contributed by atoms with Gasteiger partial charge in [-0.05, 0) is 17.7 Å². The minimum absolute atomic E-state index is 0.00839. The minimum atomic E-state index is -0.986. The van der Waals surface area contributed by atoms with Crippen LogP contribution in [0.5, 0.6) is 0 Å². The van der Waals surface area contributed by atoms with Crippen molar-refractivity contribution in [3.05, 3.63) is 45.9 Å². The summed E-state index contributed by atoms with van der Waals surface area (Å²) in [6.45, 7) is 0.444. The number of anilines is 1. The Labute approximate surface area is 113 Å². The first kappa shape index (κ1) is 11.9. The van der Waals surface area contributed by atoms with E-state index in [0.717, 1.165) is 10.4 Å². The van der Waals surface area contributed by atoms with Crippen molar-refractivity contribution in [2.24, 2.45) is 0 Å². The molecule has 0 spiro atoms. The molecule has 6 heteroatoms. The molecule has 0 bridgehead atoms. The topological polar surface area (TPSA) is 70.5 Å². The van der Waals surface area contributed by atoms with Crippen molar-refractivity contribution in [3.63, 3.8) is 0 Å². The Morgan fingerprint density at radius 2 is 2.32 bits per heavy atom. The SMILES string of the molecule is O=C(O)c1ccc2c(c1)N(Cc1cncs1)C(=O)C2. The summed E-state index contributed by atoms with van der Waals surface area (Å²) in [5.74, 6) is -0.995. The zero-order chi connectivity index (χ0) is 13.4. The van der Waals surface area contributed by atoms with E-state index in [9.17, 15) is 9.59 Å². The molecule has 1 aliphatic rings. The van der Waals surface area contributed by atoms with E-state index in [2.05, 4.69) is 4.98 Å². The number of hydrogen-bond donors (Lipinski definition) is 1. The molecule has 1 amide bonds. The molecule has 1 aromatic heterocycles. The number of nitrogens with zero attached hydrogens (tertiary/aromatic N) is 2. The summed E-state index contributed by atoms with van der Waals surface area (Å²) < 4.78 is 0. The first-order chi connectivity index (χ1) is 9.15. The number of rotatable bonds is 3. The smallest absolute Gasteiger partial charge is 0.335 e. The quantitative estimate of drug-likeness (QED) is 0.928. The molecule has 0 radical (unpaired) electrons. The van der Waals surface area contributed by atoms with Gasteiger partial charge in [0.2, 0.25) is 5.91 Å². The summed E-state index contributed by atoms with van der Waals surface area (Å²) in [6.07, 6.45) is 2.05. The van der Waals surface area contributed by atoms with Gasteiger partial charge in [-0.3, -0.25) is 9.78 Å². The number of carbonyl (C=O) groups excluding carboxylic acids is 1. The molecule has 0 saturated heterocycles. The number of carboxylic acid groups (broad SMARTS) is 1. The Hall–Kier alpha value is -2.21. The second-order valence-corrected chi connectivity index (χ2v) is 5.24. The van der Waals surface area contributed by atoms with Gasteiger partial charge < -0.3 is 10.0 Å². The van der Waals surface area contributed by atoms with Gasteiger partial charge in [0, 0.05) is 16.8 Å². The van der Waals surface area contributed by atoms with Gasteiger partial charge in [-0.1, -0.05) is 6.07 Å². The van der Waals surface area contributed by atoms with E-state index in [-0.39, 0.29) is 11.5 Å². The first-order valence-electron chi connectivity index (χ1n) is 5.69. The number of fused-ring (bicyclic) bond motifs is 1. The average Bonchev–Trinajstić information content (AvgIpc) is 2.98. The Morgan fingerprint density at radius 1 is 1.47 bits per heavy atom. The summed E-state index contributed by atoms with van der Waals surface area (Å²) >= 11 is 1.48. The summed E-state index contributed by atoms with van der Waals surface area (Å²) in [5, 5.41) is 9.01. The Balaban J connectivity index is 1.97. The highest BCUT2D eigenvalue weighted by molar-refractivity contribution is 7.09. The number of carbonyl (C=O) groups is 2. The second kappa shape index (κ2) is 4.47. The summed E-state index contributed by atoms with van der Waals surface area (Å²) in [5.41, 5.74) is 3.48. The van der Waals surface area contributed by atoms with Gasteiger partial charge in [-0.15, -0.1) is 11.3 Å². The van der Waals surface area contributed by atoms with E-state index in [4.69, 9.17) is 5.11 Å². The molecule has 3 rings (SSSR count). The highest BCUT2D eigenvalue weighted by Crippen LogP contribution is 2.31. The number of aromatic carboxylic acids is 1. The molecule has 0 aliphatic carbocycles. The van der Waals surface area contributed by atoms with Gasteiger partial charge in [0.1, 0.15) is 0 Å². The molecular formula is C13H10N2O3S. The zero-order valence-electron chi connectivity index (χ0n) is 9.87. The predicted octanol–water partition coefficient (Wildman–Crippen LogP) is 1.93. The van der Waals surface area contributed by atoms with Crippen molar-refractivity contribution in [3.8, 4) is 0 Å². The molecule has 0 saturated carbocycles. The molecule has 0 unspecified atom stereocenters. The zero-order valence-corrected chi connectivity index (χ0v) is 10.7. The molecule has 0 atom stereocenters. The lowest BCUT2D eigenvalue weighted by molar-refractivity contribution is -0.117. The van der Waals surface area contributed by atoms with Crippen molar-refractivity contribution in [1.82, 2.24) is 4.98 Å². The van der Waals surface area contributed by atoms with Crippen LogP contribution in [0.15, 0.2) is 29.9 Å². The lowest BCUT2D eigenvalue weighted by atomic mass is 10.1. The monoisotopic (exact) mass is 274 g/mol. The van der Waals surface area contributed by atoms with Crippen LogP contribution in [0.2, 0.25) is 0 Å². The molecule has 0 fully saturated rings. The van der Waals surface area contributed by atoms with Gasteiger partial charge in [-0.2, -0.15) is 0 Å². The minimum Gasteiger partial charge on any atom is -0.478 e. The number of hydrogen-bond acceptors (Lipinski definition) is 4. The molecule has 1 aliphatic heterocycles. The third-order valence-electron chi connectivity index (χ3n) is 3.06. The number of thiazole rings is 1. The summed E-state index contributed by atoms with van der Waals surface area (Å²) in [7, 11) is 0. The van der Waals surface area contributed by atoms with Crippen LogP contribution in [0.1, 0.15) is 20.8 Å². The highest BCUT2D eigenvalue weighted by Gasteiger charge is 2.28. The third-order valence-corrected chi connectivity index (χ3v) is 3.83. The normalized spacial score (nSPS) is 13.7. The molecule has 96 valence electrons. The van der Waals surface area contributed by atoms with Gasteiger partial charge in [0.05, 0.1) is 24.0 Å². The molecule has 2 aromatic rings.